The van der Waals surface area contributed by atoms with Crippen LogP contribution in [0.25, 0.3) is 6.08 Å². The predicted molar refractivity (Wildman–Crippen MR) is 87.5 cm³/mol. The molecule has 6 heteroatoms. The van der Waals surface area contributed by atoms with Gasteiger partial charge in [-0.3, -0.25) is 9.59 Å². The summed E-state index contributed by atoms with van der Waals surface area (Å²) >= 11 is 0. The summed E-state index contributed by atoms with van der Waals surface area (Å²) in [4.78, 5) is 23.8. The van der Waals surface area contributed by atoms with E-state index in [1.165, 1.54) is 27.0 Å². The van der Waals surface area contributed by atoms with Gasteiger partial charge in [-0.2, -0.15) is 0 Å². The number of esters is 2. The minimum absolute atomic E-state index is 0.362. The van der Waals surface area contributed by atoms with E-state index >= 15 is 0 Å². The van der Waals surface area contributed by atoms with Gasteiger partial charge in [0.05, 0.1) is 7.11 Å². The minimum Gasteiger partial charge on any atom is -0.493 e. The molecule has 1 aliphatic heterocycles. The standard InChI is InChI=1S/C18H20O6/c1-5-10-22-14-9-7-12(11-15(14)21-4)6-8-13-16(19)23-18(2,3)24-17(13)20/h5-9,11,13H,1,10H2,2-4H3/b8-6+. The van der Waals surface area contributed by atoms with Crippen molar-refractivity contribution in [1.82, 2.24) is 0 Å². The largest absolute Gasteiger partial charge is 0.493 e. The molecule has 0 radical (unpaired) electrons. The topological polar surface area (TPSA) is 71.1 Å². The van der Waals surface area contributed by atoms with Gasteiger partial charge in [-0.25, -0.2) is 0 Å². The summed E-state index contributed by atoms with van der Waals surface area (Å²) in [7, 11) is 1.53. The predicted octanol–water partition coefficient (Wildman–Crippen LogP) is 2.73. The summed E-state index contributed by atoms with van der Waals surface area (Å²) in [6.45, 7) is 6.97. The monoisotopic (exact) mass is 332 g/mol. The van der Waals surface area contributed by atoms with Gasteiger partial charge in [-0.05, 0) is 17.7 Å². The van der Waals surface area contributed by atoms with Crippen molar-refractivity contribution >= 4 is 18.0 Å². The van der Waals surface area contributed by atoms with Gasteiger partial charge in [0.25, 0.3) is 5.79 Å². The van der Waals surface area contributed by atoms with Crippen LogP contribution in [0.2, 0.25) is 0 Å². The van der Waals surface area contributed by atoms with E-state index in [4.69, 9.17) is 18.9 Å². The number of benzene rings is 1. The second kappa shape index (κ2) is 7.21. The average Bonchev–Trinajstić information content (AvgIpc) is 2.51. The number of cyclic esters (lactones) is 2. The molecule has 0 aliphatic carbocycles. The van der Waals surface area contributed by atoms with Crippen molar-refractivity contribution in [2.24, 2.45) is 5.92 Å². The molecule has 1 heterocycles. The molecule has 0 unspecified atom stereocenters. The van der Waals surface area contributed by atoms with Crippen molar-refractivity contribution in [3.05, 3.63) is 42.5 Å². The fourth-order valence-electron chi connectivity index (χ4n) is 2.15. The quantitative estimate of drug-likeness (QED) is 0.453. The van der Waals surface area contributed by atoms with Gasteiger partial charge in [0.15, 0.2) is 17.4 Å². The summed E-state index contributed by atoms with van der Waals surface area (Å²) in [5.74, 6) is -2.47. The number of carbonyl (C=O) groups excluding carboxylic acids is 2. The Balaban J connectivity index is 2.15. The van der Waals surface area contributed by atoms with Crippen LogP contribution in [0.5, 0.6) is 11.5 Å². The number of carbonyl (C=O) groups is 2. The zero-order valence-corrected chi connectivity index (χ0v) is 13.9. The smallest absolute Gasteiger partial charge is 0.327 e. The van der Waals surface area contributed by atoms with Crippen LogP contribution in [0.1, 0.15) is 19.4 Å². The number of methoxy groups -OCH3 is 1. The molecule has 6 nitrogen and oxygen atoms in total. The van der Waals surface area contributed by atoms with Gasteiger partial charge in [0, 0.05) is 13.8 Å². The number of ether oxygens (including phenoxy) is 4. The third kappa shape index (κ3) is 4.16. The molecule has 1 aromatic rings. The number of hydrogen-bond acceptors (Lipinski definition) is 6. The van der Waals surface area contributed by atoms with Crippen LogP contribution in [-0.4, -0.2) is 31.4 Å². The van der Waals surface area contributed by atoms with Gasteiger partial charge >= 0.3 is 11.9 Å². The van der Waals surface area contributed by atoms with Crippen molar-refractivity contribution in [3.8, 4) is 11.5 Å². The van der Waals surface area contributed by atoms with Crippen molar-refractivity contribution in [1.29, 1.82) is 0 Å². The molecule has 0 atom stereocenters. The maximum atomic E-state index is 11.9. The molecule has 1 aromatic carbocycles. The maximum Gasteiger partial charge on any atom is 0.327 e. The highest BCUT2D eigenvalue weighted by molar-refractivity contribution is 5.99. The molecule has 2 rings (SSSR count). The van der Waals surface area contributed by atoms with Crippen LogP contribution in [0.4, 0.5) is 0 Å². The van der Waals surface area contributed by atoms with E-state index in [0.29, 0.717) is 18.1 Å². The second-order valence-electron chi connectivity index (χ2n) is 5.59. The molecule has 0 N–H and O–H groups in total. The maximum absolute atomic E-state index is 11.9. The van der Waals surface area contributed by atoms with Crippen LogP contribution in [0, 0.1) is 5.92 Å². The summed E-state index contributed by atoms with van der Waals surface area (Å²) in [6, 6.07) is 5.25. The van der Waals surface area contributed by atoms with Crippen LogP contribution in [-0.2, 0) is 19.1 Å². The molecule has 128 valence electrons. The zero-order valence-electron chi connectivity index (χ0n) is 13.9. The SMILES string of the molecule is C=CCOc1ccc(/C=C/C2C(=O)OC(C)(C)OC2=O)cc1OC. The van der Waals surface area contributed by atoms with Crippen LogP contribution >= 0.6 is 0 Å². The first kappa shape index (κ1) is 17.6. The average molecular weight is 332 g/mol. The fraction of sp³-hybridized carbons (Fsp3) is 0.333. The Bertz CT molecular complexity index is 654. The lowest BCUT2D eigenvalue weighted by Gasteiger charge is -2.31. The Kier molecular flexibility index (Phi) is 5.28. The molecule has 0 saturated carbocycles. The van der Waals surface area contributed by atoms with Crippen molar-refractivity contribution in [3.63, 3.8) is 0 Å². The first-order chi connectivity index (χ1) is 11.4. The molecule has 0 spiro atoms. The Hall–Kier alpha value is -2.76. The summed E-state index contributed by atoms with van der Waals surface area (Å²) < 4.78 is 20.9. The minimum atomic E-state index is -1.23. The lowest BCUT2D eigenvalue weighted by atomic mass is 10.1. The Labute approximate surface area is 140 Å². The van der Waals surface area contributed by atoms with Gasteiger partial charge in [-0.15, -0.1) is 0 Å². The zero-order chi connectivity index (χ0) is 17.7. The summed E-state index contributed by atoms with van der Waals surface area (Å²) in [5, 5.41) is 0. The van der Waals surface area contributed by atoms with Gasteiger partial charge in [0.1, 0.15) is 6.61 Å². The number of hydrogen-bond donors (Lipinski definition) is 0. The lowest BCUT2D eigenvalue weighted by Crippen LogP contribution is -2.45. The first-order valence-corrected chi connectivity index (χ1v) is 7.42. The third-order valence-electron chi connectivity index (χ3n) is 3.23. The molecule has 0 bridgehead atoms. The Morgan fingerprint density at radius 2 is 1.88 bits per heavy atom. The van der Waals surface area contributed by atoms with E-state index in [1.807, 2.05) is 0 Å². The van der Waals surface area contributed by atoms with Crippen molar-refractivity contribution in [2.75, 3.05) is 13.7 Å². The Morgan fingerprint density at radius 3 is 2.46 bits per heavy atom. The van der Waals surface area contributed by atoms with E-state index in [0.717, 1.165) is 5.56 Å². The molecule has 1 saturated heterocycles. The van der Waals surface area contributed by atoms with E-state index < -0.39 is 23.6 Å². The number of rotatable bonds is 6. The third-order valence-corrected chi connectivity index (χ3v) is 3.23. The van der Waals surface area contributed by atoms with Crippen LogP contribution in [0.3, 0.4) is 0 Å². The van der Waals surface area contributed by atoms with Crippen molar-refractivity contribution < 1.29 is 28.5 Å². The van der Waals surface area contributed by atoms with Gasteiger partial charge in [-0.1, -0.05) is 30.9 Å². The van der Waals surface area contributed by atoms with Gasteiger partial charge in [0.2, 0.25) is 0 Å². The van der Waals surface area contributed by atoms with E-state index in [2.05, 4.69) is 6.58 Å². The van der Waals surface area contributed by atoms with E-state index in [9.17, 15) is 9.59 Å². The molecule has 1 aliphatic rings. The molecule has 0 amide bonds. The van der Waals surface area contributed by atoms with E-state index in [1.54, 1.807) is 30.4 Å². The van der Waals surface area contributed by atoms with Gasteiger partial charge < -0.3 is 18.9 Å². The normalized spacial score (nSPS) is 17.3. The Morgan fingerprint density at radius 1 is 1.21 bits per heavy atom. The summed E-state index contributed by atoms with van der Waals surface area (Å²) in [5.41, 5.74) is 0.739. The second-order valence-corrected chi connectivity index (χ2v) is 5.59. The van der Waals surface area contributed by atoms with E-state index in [-0.39, 0.29) is 0 Å². The highest BCUT2D eigenvalue weighted by Gasteiger charge is 2.41. The first-order valence-electron chi connectivity index (χ1n) is 7.42. The van der Waals surface area contributed by atoms with Crippen LogP contribution < -0.4 is 9.47 Å². The molecular formula is C18H20O6. The highest BCUT2D eigenvalue weighted by Crippen LogP contribution is 2.29. The highest BCUT2D eigenvalue weighted by atomic mass is 16.7. The molecule has 1 fully saturated rings. The van der Waals surface area contributed by atoms with Crippen LogP contribution in [0.15, 0.2) is 36.9 Å². The molecule has 0 aromatic heterocycles. The fourth-order valence-corrected chi connectivity index (χ4v) is 2.15. The molecular weight excluding hydrogens is 312 g/mol. The summed E-state index contributed by atoms with van der Waals surface area (Å²) in [6.07, 6.45) is 4.71. The molecule has 24 heavy (non-hydrogen) atoms. The lowest BCUT2D eigenvalue weighted by molar-refractivity contribution is -0.237. The van der Waals surface area contributed by atoms with Crippen molar-refractivity contribution in [2.45, 2.75) is 19.6 Å².